The zero-order valence-electron chi connectivity index (χ0n) is 13.1. The fourth-order valence-corrected chi connectivity index (χ4v) is 2.29. The summed E-state index contributed by atoms with van der Waals surface area (Å²) in [5, 5.41) is 2.94. The summed E-state index contributed by atoms with van der Waals surface area (Å²) in [6.07, 6.45) is 2.93. The number of nitrogens with zero attached hydrogens (tertiary/aromatic N) is 4. The van der Waals surface area contributed by atoms with Crippen molar-refractivity contribution in [1.29, 1.82) is 0 Å². The number of rotatable bonds is 4. The molecule has 0 fully saturated rings. The van der Waals surface area contributed by atoms with Crippen LogP contribution in [-0.2, 0) is 0 Å². The molecule has 0 bridgehead atoms. The number of hydrogen-bond donors (Lipinski definition) is 2. The van der Waals surface area contributed by atoms with Crippen molar-refractivity contribution in [2.75, 3.05) is 0 Å². The van der Waals surface area contributed by atoms with Crippen LogP contribution in [0.2, 0.25) is 5.15 Å². The minimum atomic E-state index is -0.553. The first kappa shape index (κ1) is 16.7. The van der Waals surface area contributed by atoms with E-state index in [1.165, 1.54) is 12.4 Å². The fraction of sp³-hybridized carbons (Fsp3) is 0.125. The number of carbonyl (C=O) groups is 1. The van der Waals surface area contributed by atoms with Gasteiger partial charge in [0.2, 0.25) is 0 Å². The average molecular weight is 357 g/mol. The van der Waals surface area contributed by atoms with E-state index < -0.39 is 11.9 Å². The molecule has 1 unspecified atom stereocenters. The molecule has 0 aliphatic heterocycles. The SMILES string of the molecule is CC(NC(=O)c1cccc(Cl)n1)c1nc(-c2ccncn2)cc(=O)[nH]1. The summed E-state index contributed by atoms with van der Waals surface area (Å²) in [7, 11) is 0. The van der Waals surface area contributed by atoms with Gasteiger partial charge in [0.15, 0.2) is 0 Å². The van der Waals surface area contributed by atoms with Crippen molar-refractivity contribution >= 4 is 17.5 Å². The summed E-state index contributed by atoms with van der Waals surface area (Å²) < 4.78 is 0. The summed E-state index contributed by atoms with van der Waals surface area (Å²) in [4.78, 5) is 43.0. The van der Waals surface area contributed by atoms with Crippen LogP contribution in [0.5, 0.6) is 0 Å². The van der Waals surface area contributed by atoms with Crippen LogP contribution < -0.4 is 10.9 Å². The summed E-state index contributed by atoms with van der Waals surface area (Å²) in [5.41, 5.74) is 0.731. The number of aromatic amines is 1. The van der Waals surface area contributed by atoms with Gasteiger partial charge in [0.1, 0.15) is 23.0 Å². The predicted molar refractivity (Wildman–Crippen MR) is 91.0 cm³/mol. The second-order valence-electron chi connectivity index (χ2n) is 5.15. The lowest BCUT2D eigenvalue weighted by molar-refractivity contribution is 0.0933. The summed E-state index contributed by atoms with van der Waals surface area (Å²) in [5.74, 6) is -0.124. The molecule has 8 nitrogen and oxygen atoms in total. The molecule has 0 aromatic carbocycles. The molecule has 0 aliphatic carbocycles. The lowest BCUT2D eigenvalue weighted by Crippen LogP contribution is -2.30. The first-order valence-corrected chi connectivity index (χ1v) is 7.72. The maximum absolute atomic E-state index is 12.2. The Kier molecular flexibility index (Phi) is 4.80. The molecule has 2 N–H and O–H groups in total. The van der Waals surface area contributed by atoms with Gasteiger partial charge in [-0.25, -0.2) is 19.9 Å². The molecule has 9 heteroatoms. The van der Waals surface area contributed by atoms with Gasteiger partial charge in [-0.2, -0.15) is 0 Å². The number of carbonyl (C=O) groups excluding carboxylic acids is 1. The van der Waals surface area contributed by atoms with Gasteiger partial charge in [-0.15, -0.1) is 0 Å². The van der Waals surface area contributed by atoms with E-state index in [2.05, 4.69) is 30.2 Å². The average Bonchev–Trinajstić information content (AvgIpc) is 2.62. The van der Waals surface area contributed by atoms with Crippen LogP contribution in [0.1, 0.15) is 29.3 Å². The van der Waals surface area contributed by atoms with Crippen molar-refractivity contribution in [3.05, 3.63) is 69.9 Å². The molecule has 126 valence electrons. The monoisotopic (exact) mass is 356 g/mol. The third-order valence-corrected chi connectivity index (χ3v) is 3.52. The highest BCUT2D eigenvalue weighted by molar-refractivity contribution is 6.29. The molecule has 1 atom stereocenters. The van der Waals surface area contributed by atoms with Crippen LogP contribution >= 0.6 is 11.6 Å². The Labute approximate surface area is 147 Å². The van der Waals surface area contributed by atoms with Crippen LogP contribution in [-0.4, -0.2) is 30.8 Å². The Morgan fingerprint density at radius 3 is 2.80 bits per heavy atom. The molecule has 0 spiro atoms. The van der Waals surface area contributed by atoms with Crippen molar-refractivity contribution in [2.24, 2.45) is 0 Å². The van der Waals surface area contributed by atoms with E-state index in [1.54, 1.807) is 37.4 Å². The van der Waals surface area contributed by atoms with E-state index in [4.69, 9.17) is 11.6 Å². The van der Waals surface area contributed by atoms with Crippen molar-refractivity contribution in [2.45, 2.75) is 13.0 Å². The van der Waals surface area contributed by atoms with Crippen LogP contribution in [0.4, 0.5) is 0 Å². The Morgan fingerprint density at radius 2 is 2.08 bits per heavy atom. The van der Waals surface area contributed by atoms with Crippen LogP contribution in [0.3, 0.4) is 0 Å². The van der Waals surface area contributed by atoms with Crippen LogP contribution in [0, 0.1) is 0 Å². The standard InChI is InChI=1S/C16H13ClN6O2/c1-9(20-16(25)11-3-2-4-13(17)21-11)15-22-12(7-14(24)23-15)10-5-6-18-8-19-10/h2-9H,1H3,(H,20,25)(H,22,23,24). The second-order valence-corrected chi connectivity index (χ2v) is 5.54. The quantitative estimate of drug-likeness (QED) is 0.689. The number of amides is 1. The van der Waals surface area contributed by atoms with Gasteiger partial charge in [-0.05, 0) is 25.1 Å². The highest BCUT2D eigenvalue weighted by atomic mass is 35.5. The van der Waals surface area contributed by atoms with Crippen molar-refractivity contribution in [3.8, 4) is 11.4 Å². The molecule has 3 aromatic rings. The molecule has 0 saturated heterocycles. The van der Waals surface area contributed by atoms with E-state index in [0.717, 1.165) is 0 Å². The van der Waals surface area contributed by atoms with Gasteiger partial charge in [-0.1, -0.05) is 17.7 Å². The predicted octanol–water partition coefficient (Wildman–Crippen LogP) is 1.77. The number of hydrogen-bond acceptors (Lipinski definition) is 6. The summed E-state index contributed by atoms with van der Waals surface area (Å²) >= 11 is 5.79. The zero-order chi connectivity index (χ0) is 17.8. The van der Waals surface area contributed by atoms with E-state index in [-0.39, 0.29) is 16.4 Å². The number of pyridine rings is 1. The van der Waals surface area contributed by atoms with Gasteiger partial charge in [0.25, 0.3) is 11.5 Å². The second kappa shape index (κ2) is 7.18. The van der Waals surface area contributed by atoms with E-state index in [0.29, 0.717) is 17.2 Å². The van der Waals surface area contributed by atoms with Gasteiger partial charge in [0.05, 0.1) is 17.4 Å². The molecule has 3 aromatic heterocycles. The third-order valence-electron chi connectivity index (χ3n) is 3.31. The van der Waals surface area contributed by atoms with Gasteiger partial charge in [0, 0.05) is 12.3 Å². The Morgan fingerprint density at radius 1 is 1.24 bits per heavy atom. The zero-order valence-corrected chi connectivity index (χ0v) is 13.9. The Bertz CT molecular complexity index is 960. The number of halogens is 1. The third kappa shape index (κ3) is 4.04. The molecule has 0 aliphatic rings. The summed E-state index contributed by atoms with van der Waals surface area (Å²) in [6, 6.07) is 7.17. The highest BCUT2D eigenvalue weighted by Crippen LogP contribution is 2.14. The van der Waals surface area contributed by atoms with Crippen LogP contribution in [0.25, 0.3) is 11.4 Å². The topological polar surface area (TPSA) is 114 Å². The minimum Gasteiger partial charge on any atom is -0.341 e. The molecule has 0 radical (unpaired) electrons. The number of nitrogens with one attached hydrogen (secondary N) is 2. The smallest absolute Gasteiger partial charge is 0.270 e. The van der Waals surface area contributed by atoms with Gasteiger partial charge >= 0.3 is 0 Å². The van der Waals surface area contributed by atoms with Crippen molar-refractivity contribution in [3.63, 3.8) is 0 Å². The molecule has 25 heavy (non-hydrogen) atoms. The molecular formula is C16H13ClN6O2. The number of aromatic nitrogens is 5. The van der Waals surface area contributed by atoms with Crippen LogP contribution in [0.15, 0.2) is 47.7 Å². The number of H-pyrrole nitrogens is 1. The Balaban J connectivity index is 1.85. The molecule has 1 amide bonds. The maximum atomic E-state index is 12.2. The van der Waals surface area contributed by atoms with E-state index in [1.807, 2.05) is 0 Å². The summed E-state index contributed by atoms with van der Waals surface area (Å²) in [6.45, 7) is 1.70. The lowest BCUT2D eigenvalue weighted by Gasteiger charge is -2.13. The molecule has 3 rings (SSSR count). The Hall–Kier alpha value is -3.13. The van der Waals surface area contributed by atoms with Gasteiger partial charge in [-0.3, -0.25) is 9.59 Å². The molecular weight excluding hydrogens is 344 g/mol. The maximum Gasteiger partial charge on any atom is 0.270 e. The van der Waals surface area contributed by atoms with E-state index >= 15 is 0 Å². The van der Waals surface area contributed by atoms with E-state index in [9.17, 15) is 9.59 Å². The fourth-order valence-electron chi connectivity index (χ4n) is 2.13. The van der Waals surface area contributed by atoms with Gasteiger partial charge < -0.3 is 10.3 Å². The first-order valence-electron chi connectivity index (χ1n) is 7.34. The van der Waals surface area contributed by atoms with Crippen molar-refractivity contribution < 1.29 is 4.79 Å². The first-order chi connectivity index (χ1) is 12.0. The largest absolute Gasteiger partial charge is 0.341 e. The molecule has 3 heterocycles. The minimum absolute atomic E-state index is 0.175. The lowest BCUT2D eigenvalue weighted by atomic mass is 10.2. The highest BCUT2D eigenvalue weighted by Gasteiger charge is 2.16. The molecule has 0 saturated carbocycles. The normalized spacial score (nSPS) is 11.8. The van der Waals surface area contributed by atoms with Crippen molar-refractivity contribution in [1.82, 2.24) is 30.2 Å².